The van der Waals surface area contributed by atoms with Crippen LogP contribution in [0.2, 0.25) is 0 Å². The standard InChI is InChI=1S/C15H26O2/c1-3-4-5-6-7-8-9-10-11-12-13-14-15(16)17-2/h3,10-11H,1,4-9,12-14H2,2H3. The lowest BCUT2D eigenvalue weighted by Gasteiger charge is -1.97. The van der Waals surface area contributed by atoms with Gasteiger partial charge in [0.25, 0.3) is 0 Å². The van der Waals surface area contributed by atoms with E-state index in [1.807, 2.05) is 6.08 Å². The highest BCUT2D eigenvalue weighted by Crippen LogP contribution is 2.06. The van der Waals surface area contributed by atoms with Gasteiger partial charge in [0.1, 0.15) is 0 Å². The van der Waals surface area contributed by atoms with Crippen molar-refractivity contribution in [3.63, 3.8) is 0 Å². The quantitative estimate of drug-likeness (QED) is 0.303. The number of allylic oxidation sites excluding steroid dienone is 3. The lowest BCUT2D eigenvalue weighted by molar-refractivity contribution is -0.140. The van der Waals surface area contributed by atoms with Crippen molar-refractivity contribution in [2.75, 3.05) is 7.11 Å². The molecular weight excluding hydrogens is 212 g/mol. The molecule has 0 radical (unpaired) electrons. The average molecular weight is 238 g/mol. The Labute approximate surface area is 106 Å². The maximum atomic E-state index is 10.8. The van der Waals surface area contributed by atoms with Crippen molar-refractivity contribution in [1.82, 2.24) is 0 Å². The summed E-state index contributed by atoms with van der Waals surface area (Å²) in [5, 5.41) is 0. The molecule has 0 fully saturated rings. The molecule has 0 atom stereocenters. The Morgan fingerprint density at radius 2 is 1.59 bits per heavy atom. The molecule has 0 unspecified atom stereocenters. The van der Waals surface area contributed by atoms with E-state index in [1.165, 1.54) is 32.8 Å². The maximum absolute atomic E-state index is 10.8. The highest BCUT2D eigenvalue weighted by Gasteiger charge is 1.96. The van der Waals surface area contributed by atoms with Crippen molar-refractivity contribution in [3.05, 3.63) is 24.8 Å². The van der Waals surface area contributed by atoms with E-state index in [9.17, 15) is 4.79 Å². The van der Waals surface area contributed by atoms with E-state index < -0.39 is 0 Å². The number of rotatable bonds is 11. The molecular formula is C15H26O2. The van der Waals surface area contributed by atoms with Gasteiger partial charge in [-0.25, -0.2) is 0 Å². The van der Waals surface area contributed by atoms with Crippen LogP contribution in [0.25, 0.3) is 0 Å². The Kier molecular flexibility index (Phi) is 12.2. The Morgan fingerprint density at radius 1 is 1.00 bits per heavy atom. The molecule has 0 saturated heterocycles. The van der Waals surface area contributed by atoms with Crippen LogP contribution in [0.3, 0.4) is 0 Å². The second-order valence-electron chi connectivity index (χ2n) is 4.22. The summed E-state index contributed by atoms with van der Waals surface area (Å²) in [6.07, 6.45) is 16.2. The lowest BCUT2D eigenvalue weighted by atomic mass is 10.1. The number of carbonyl (C=O) groups excluding carboxylic acids is 1. The Hall–Kier alpha value is -1.05. The highest BCUT2D eigenvalue weighted by molar-refractivity contribution is 5.68. The van der Waals surface area contributed by atoms with Crippen molar-refractivity contribution < 1.29 is 9.53 Å². The summed E-state index contributed by atoms with van der Waals surface area (Å²) >= 11 is 0. The van der Waals surface area contributed by atoms with Gasteiger partial charge in [0, 0.05) is 6.42 Å². The first kappa shape index (κ1) is 16.0. The largest absolute Gasteiger partial charge is 0.469 e. The SMILES string of the molecule is C=CCCCCCCC=CCCCC(=O)OC. The summed E-state index contributed by atoms with van der Waals surface area (Å²) in [7, 11) is 1.44. The molecule has 0 aromatic heterocycles. The minimum absolute atomic E-state index is 0.111. The molecule has 0 aliphatic carbocycles. The Morgan fingerprint density at radius 3 is 2.18 bits per heavy atom. The normalized spacial score (nSPS) is 10.6. The first-order chi connectivity index (χ1) is 8.31. The van der Waals surface area contributed by atoms with Gasteiger partial charge in [-0.15, -0.1) is 6.58 Å². The summed E-state index contributed by atoms with van der Waals surface area (Å²) in [6, 6.07) is 0. The van der Waals surface area contributed by atoms with Gasteiger partial charge in [0.15, 0.2) is 0 Å². The van der Waals surface area contributed by atoms with Gasteiger partial charge < -0.3 is 4.74 Å². The van der Waals surface area contributed by atoms with E-state index in [0.29, 0.717) is 6.42 Å². The number of carbonyl (C=O) groups is 1. The van der Waals surface area contributed by atoms with Gasteiger partial charge >= 0.3 is 5.97 Å². The van der Waals surface area contributed by atoms with E-state index in [0.717, 1.165) is 25.7 Å². The van der Waals surface area contributed by atoms with Gasteiger partial charge in [-0.1, -0.05) is 31.1 Å². The molecule has 2 nitrogen and oxygen atoms in total. The minimum Gasteiger partial charge on any atom is -0.469 e. The van der Waals surface area contributed by atoms with Gasteiger partial charge in [-0.2, -0.15) is 0 Å². The Balaban J connectivity index is 3.14. The van der Waals surface area contributed by atoms with Crippen LogP contribution in [0.4, 0.5) is 0 Å². The molecule has 0 aliphatic rings. The minimum atomic E-state index is -0.111. The number of ether oxygens (including phenoxy) is 1. The number of unbranched alkanes of at least 4 members (excludes halogenated alkanes) is 6. The molecule has 0 rings (SSSR count). The lowest BCUT2D eigenvalue weighted by Crippen LogP contribution is -1.98. The van der Waals surface area contributed by atoms with E-state index in [-0.39, 0.29) is 5.97 Å². The third-order valence-electron chi connectivity index (χ3n) is 2.68. The first-order valence-electron chi connectivity index (χ1n) is 6.64. The fourth-order valence-electron chi connectivity index (χ4n) is 1.61. The number of hydrogen-bond donors (Lipinski definition) is 0. The Bertz CT molecular complexity index is 219. The molecule has 17 heavy (non-hydrogen) atoms. The van der Waals surface area contributed by atoms with E-state index in [1.54, 1.807) is 0 Å². The molecule has 0 spiro atoms. The third-order valence-corrected chi connectivity index (χ3v) is 2.68. The van der Waals surface area contributed by atoms with Crippen LogP contribution in [-0.2, 0) is 9.53 Å². The predicted octanol–water partition coefficient (Wildman–Crippen LogP) is 4.41. The fraction of sp³-hybridized carbons (Fsp3) is 0.667. The summed E-state index contributed by atoms with van der Waals surface area (Å²) < 4.78 is 4.57. The van der Waals surface area contributed by atoms with Gasteiger partial charge in [-0.3, -0.25) is 4.79 Å². The smallest absolute Gasteiger partial charge is 0.305 e. The molecule has 0 aromatic rings. The summed E-state index contributed by atoms with van der Waals surface area (Å²) in [5.41, 5.74) is 0. The molecule has 98 valence electrons. The summed E-state index contributed by atoms with van der Waals surface area (Å²) in [5.74, 6) is -0.111. The first-order valence-corrected chi connectivity index (χ1v) is 6.64. The fourth-order valence-corrected chi connectivity index (χ4v) is 1.61. The van der Waals surface area contributed by atoms with Crippen LogP contribution in [0.15, 0.2) is 24.8 Å². The second kappa shape index (κ2) is 13.0. The van der Waals surface area contributed by atoms with Crippen LogP contribution >= 0.6 is 0 Å². The molecule has 0 N–H and O–H groups in total. The van der Waals surface area contributed by atoms with Crippen molar-refractivity contribution in [2.45, 2.75) is 57.8 Å². The number of hydrogen-bond acceptors (Lipinski definition) is 2. The van der Waals surface area contributed by atoms with Crippen LogP contribution in [0.5, 0.6) is 0 Å². The molecule has 0 heterocycles. The molecule has 0 amide bonds. The van der Waals surface area contributed by atoms with Crippen molar-refractivity contribution in [2.24, 2.45) is 0 Å². The maximum Gasteiger partial charge on any atom is 0.305 e. The topological polar surface area (TPSA) is 26.3 Å². The molecule has 0 saturated carbocycles. The molecule has 2 heteroatoms. The van der Waals surface area contributed by atoms with Crippen LogP contribution < -0.4 is 0 Å². The summed E-state index contributed by atoms with van der Waals surface area (Å²) in [6.45, 7) is 3.71. The third kappa shape index (κ3) is 12.9. The number of methoxy groups -OCH3 is 1. The van der Waals surface area contributed by atoms with Gasteiger partial charge in [0.05, 0.1) is 7.11 Å². The van der Waals surface area contributed by atoms with E-state index >= 15 is 0 Å². The van der Waals surface area contributed by atoms with E-state index in [2.05, 4.69) is 23.5 Å². The van der Waals surface area contributed by atoms with Crippen molar-refractivity contribution in [3.8, 4) is 0 Å². The van der Waals surface area contributed by atoms with Crippen molar-refractivity contribution in [1.29, 1.82) is 0 Å². The molecule has 0 aromatic carbocycles. The zero-order valence-corrected chi connectivity index (χ0v) is 11.1. The molecule has 0 aliphatic heterocycles. The van der Waals surface area contributed by atoms with Gasteiger partial charge in [-0.05, 0) is 38.5 Å². The van der Waals surface area contributed by atoms with Gasteiger partial charge in [0.2, 0.25) is 0 Å². The van der Waals surface area contributed by atoms with E-state index in [4.69, 9.17) is 0 Å². The van der Waals surface area contributed by atoms with Crippen LogP contribution in [0, 0.1) is 0 Å². The van der Waals surface area contributed by atoms with Crippen LogP contribution in [-0.4, -0.2) is 13.1 Å². The average Bonchev–Trinajstić information content (AvgIpc) is 2.35. The summed E-state index contributed by atoms with van der Waals surface area (Å²) in [4.78, 5) is 10.8. The zero-order chi connectivity index (χ0) is 12.8. The second-order valence-corrected chi connectivity index (χ2v) is 4.22. The monoisotopic (exact) mass is 238 g/mol. The van der Waals surface area contributed by atoms with Crippen LogP contribution in [0.1, 0.15) is 57.8 Å². The zero-order valence-electron chi connectivity index (χ0n) is 11.1. The van der Waals surface area contributed by atoms with Crippen molar-refractivity contribution >= 4 is 5.97 Å². The highest BCUT2D eigenvalue weighted by atomic mass is 16.5. The number of esters is 1. The predicted molar refractivity (Wildman–Crippen MR) is 72.9 cm³/mol. The molecule has 0 bridgehead atoms.